The molecular weight excluding hydrogens is 513 g/mol. The molecule has 1 unspecified atom stereocenters. The van der Waals surface area contributed by atoms with Crippen molar-refractivity contribution in [1.82, 2.24) is 20.1 Å². The van der Waals surface area contributed by atoms with Crippen LogP contribution in [0.4, 0.5) is 0 Å². The van der Waals surface area contributed by atoms with E-state index in [0.717, 1.165) is 68.6 Å². The second-order valence-corrected chi connectivity index (χ2v) is 9.62. The summed E-state index contributed by atoms with van der Waals surface area (Å²) < 4.78 is 5.55. The number of carbonyl (C=O) groups excluding carboxylic acids is 1. The number of hydrogen-bond acceptors (Lipinski definition) is 5. The Morgan fingerprint density at radius 3 is 2.57 bits per heavy atom. The summed E-state index contributed by atoms with van der Waals surface area (Å²) in [5.74, 6) is 1.09. The second-order valence-electron chi connectivity index (χ2n) is 8.68. The fourth-order valence-corrected chi connectivity index (χ4v) is 4.58. The van der Waals surface area contributed by atoms with E-state index in [-0.39, 0.29) is 41.4 Å². The van der Waals surface area contributed by atoms with Crippen LogP contribution in [0.1, 0.15) is 51.2 Å². The fraction of sp³-hybridized carbons (Fsp3) is 0.762. The van der Waals surface area contributed by atoms with Gasteiger partial charge >= 0.3 is 0 Å². The molecule has 1 aromatic rings. The molecule has 1 N–H and O–H groups in total. The Morgan fingerprint density at radius 2 is 2.00 bits per heavy atom. The third-order valence-electron chi connectivity index (χ3n) is 5.34. The van der Waals surface area contributed by atoms with E-state index in [0.29, 0.717) is 13.2 Å². The summed E-state index contributed by atoms with van der Waals surface area (Å²) in [6.45, 7) is 14.0. The van der Waals surface area contributed by atoms with Gasteiger partial charge in [-0.05, 0) is 19.8 Å². The first kappa shape index (κ1) is 25.3. The number of piperazine rings is 1. The molecule has 0 aromatic carbocycles. The second kappa shape index (κ2) is 11.6. The minimum atomic E-state index is -0.222. The average Bonchev–Trinajstić information content (AvgIpc) is 3.39. The highest BCUT2D eigenvalue weighted by atomic mass is 127. The van der Waals surface area contributed by atoms with Crippen molar-refractivity contribution in [3.63, 3.8) is 0 Å². The molecule has 3 heterocycles. The molecule has 2 saturated heterocycles. The number of thiazole rings is 1. The number of ether oxygens (including phenoxy) is 1. The van der Waals surface area contributed by atoms with E-state index >= 15 is 0 Å². The molecule has 1 amide bonds. The number of hydrogen-bond donors (Lipinski definition) is 1. The van der Waals surface area contributed by atoms with Gasteiger partial charge in [0.25, 0.3) is 5.91 Å². The molecule has 9 heteroatoms. The largest absolute Gasteiger partial charge is 0.368 e. The van der Waals surface area contributed by atoms with Gasteiger partial charge in [0.15, 0.2) is 5.96 Å². The number of amides is 1. The van der Waals surface area contributed by atoms with Crippen LogP contribution in [-0.2, 0) is 21.4 Å². The van der Waals surface area contributed by atoms with Gasteiger partial charge in [-0.25, -0.2) is 4.98 Å². The fourth-order valence-electron chi connectivity index (χ4n) is 3.57. The predicted octanol–water partition coefficient (Wildman–Crippen LogP) is 2.89. The van der Waals surface area contributed by atoms with E-state index in [1.165, 1.54) is 0 Å². The minimum absolute atomic E-state index is 0. The zero-order chi connectivity index (χ0) is 20.9. The van der Waals surface area contributed by atoms with Crippen LogP contribution in [0.3, 0.4) is 0 Å². The standard InChI is InChI=1S/C21H35N5O2S.HI/c1-5-22-20(23-9-8-18-24-17(15-29-18)21(2,3)4)26-12-10-25(11-13-26)19(27)16-7-6-14-28-16;/h15-16H,5-14H2,1-4H3,(H,22,23);1H. The first-order valence-electron chi connectivity index (χ1n) is 10.8. The molecule has 30 heavy (non-hydrogen) atoms. The molecule has 1 atom stereocenters. The smallest absolute Gasteiger partial charge is 0.251 e. The Balaban J connectivity index is 0.00000320. The summed E-state index contributed by atoms with van der Waals surface area (Å²) in [4.78, 5) is 26.3. The van der Waals surface area contributed by atoms with Crippen LogP contribution < -0.4 is 5.32 Å². The normalized spacial score (nSPS) is 20.3. The summed E-state index contributed by atoms with van der Waals surface area (Å²) in [6, 6.07) is 0. The van der Waals surface area contributed by atoms with Crippen molar-refractivity contribution in [2.45, 2.75) is 58.5 Å². The molecule has 2 aliphatic heterocycles. The highest BCUT2D eigenvalue weighted by Crippen LogP contribution is 2.24. The van der Waals surface area contributed by atoms with Gasteiger partial charge in [-0.2, -0.15) is 0 Å². The SMILES string of the molecule is CCNC(=NCCc1nc(C(C)(C)C)cs1)N1CCN(C(=O)C2CCCO2)CC1.I. The van der Waals surface area contributed by atoms with Crippen LogP contribution in [0.2, 0.25) is 0 Å². The maximum absolute atomic E-state index is 12.5. The zero-order valence-corrected chi connectivity index (χ0v) is 21.8. The van der Waals surface area contributed by atoms with Crippen molar-refractivity contribution in [2.75, 3.05) is 45.9 Å². The molecule has 170 valence electrons. The summed E-state index contributed by atoms with van der Waals surface area (Å²) >= 11 is 1.72. The number of nitrogens with one attached hydrogen (secondary N) is 1. The Labute approximate surface area is 201 Å². The topological polar surface area (TPSA) is 70.1 Å². The zero-order valence-electron chi connectivity index (χ0n) is 18.6. The van der Waals surface area contributed by atoms with Crippen molar-refractivity contribution in [1.29, 1.82) is 0 Å². The van der Waals surface area contributed by atoms with Crippen molar-refractivity contribution in [2.24, 2.45) is 4.99 Å². The first-order valence-corrected chi connectivity index (χ1v) is 11.6. The molecule has 0 bridgehead atoms. The molecular formula is C21H36IN5O2S. The minimum Gasteiger partial charge on any atom is -0.368 e. The lowest BCUT2D eigenvalue weighted by atomic mass is 9.93. The average molecular weight is 550 g/mol. The van der Waals surface area contributed by atoms with Crippen molar-refractivity contribution in [3.8, 4) is 0 Å². The maximum Gasteiger partial charge on any atom is 0.251 e. The maximum atomic E-state index is 12.5. The third kappa shape index (κ3) is 6.78. The van der Waals surface area contributed by atoms with Gasteiger partial charge in [0.1, 0.15) is 6.10 Å². The first-order chi connectivity index (χ1) is 13.9. The van der Waals surface area contributed by atoms with E-state index in [9.17, 15) is 4.79 Å². The van der Waals surface area contributed by atoms with Crippen LogP contribution in [0.5, 0.6) is 0 Å². The quantitative estimate of drug-likeness (QED) is 0.348. The highest BCUT2D eigenvalue weighted by Gasteiger charge is 2.30. The van der Waals surface area contributed by atoms with Gasteiger partial charge < -0.3 is 19.9 Å². The van der Waals surface area contributed by atoms with Gasteiger partial charge in [-0.1, -0.05) is 20.8 Å². The van der Waals surface area contributed by atoms with Gasteiger partial charge in [0, 0.05) is 63.1 Å². The number of rotatable bonds is 5. The van der Waals surface area contributed by atoms with Crippen molar-refractivity contribution >= 4 is 47.2 Å². The van der Waals surface area contributed by atoms with E-state index < -0.39 is 0 Å². The summed E-state index contributed by atoms with van der Waals surface area (Å²) in [6.07, 6.45) is 2.48. The molecule has 0 saturated carbocycles. The number of aromatic nitrogens is 1. The molecule has 7 nitrogen and oxygen atoms in total. The molecule has 3 rings (SSSR count). The number of halogens is 1. The number of guanidine groups is 1. The van der Waals surface area contributed by atoms with E-state index in [1.807, 2.05) is 4.90 Å². The number of carbonyl (C=O) groups is 1. The lowest BCUT2D eigenvalue weighted by Crippen LogP contribution is -2.55. The highest BCUT2D eigenvalue weighted by molar-refractivity contribution is 14.0. The van der Waals surface area contributed by atoms with Crippen LogP contribution in [0.15, 0.2) is 10.4 Å². The van der Waals surface area contributed by atoms with Gasteiger partial charge in [-0.15, -0.1) is 35.3 Å². The molecule has 2 fully saturated rings. The van der Waals surface area contributed by atoms with Gasteiger partial charge in [-0.3, -0.25) is 9.79 Å². The molecule has 0 aliphatic carbocycles. The Hall–Kier alpha value is -0.940. The predicted molar refractivity (Wildman–Crippen MR) is 133 cm³/mol. The van der Waals surface area contributed by atoms with Gasteiger partial charge in [0.05, 0.1) is 10.7 Å². The third-order valence-corrected chi connectivity index (χ3v) is 6.25. The Morgan fingerprint density at radius 1 is 1.30 bits per heavy atom. The Kier molecular flexibility index (Phi) is 9.80. The Bertz CT molecular complexity index is 704. The molecule has 0 spiro atoms. The van der Waals surface area contributed by atoms with E-state index in [1.54, 1.807) is 11.3 Å². The summed E-state index contributed by atoms with van der Waals surface area (Å²) in [5.41, 5.74) is 1.24. The molecule has 2 aliphatic rings. The van der Waals surface area contributed by atoms with E-state index in [2.05, 4.69) is 43.3 Å². The summed E-state index contributed by atoms with van der Waals surface area (Å²) in [5, 5.41) is 6.70. The van der Waals surface area contributed by atoms with Crippen molar-refractivity contribution < 1.29 is 9.53 Å². The molecule has 0 radical (unpaired) electrons. The van der Waals surface area contributed by atoms with Crippen molar-refractivity contribution in [3.05, 3.63) is 16.1 Å². The van der Waals surface area contributed by atoms with E-state index in [4.69, 9.17) is 14.7 Å². The van der Waals surface area contributed by atoms with Crippen LogP contribution in [0.25, 0.3) is 0 Å². The van der Waals surface area contributed by atoms with Gasteiger partial charge in [0.2, 0.25) is 0 Å². The lowest BCUT2D eigenvalue weighted by Gasteiger charge is -2.37. The molecule has 1 aromatic heterocycles. The van der Waals surface area contributed by atoms with Crippen LogP contribution in [0, 0.1) is 0 Å². The monoisotopic (exact) mass is 549 g/mol. The summed E-state index contributed by atoms with van der Waals surface area (Å²) in [7, 11) is 0. The lowest BCUT2D eigenvalue weighted by molar-refractivity contribution is -0.142. The number of aliphatic imine (C=N–C) groups is 1. The van der Waals surface area contributed by atoms with Crippen LogP contribution >= 0.6 is 35.3 Å². The number of nitrogens with zero attached hydrogens (tertiary/aromatic N) is 4. The van der Waals surface area contributed by atoms with Crippen LogP contribution in [-0.4, -0.2) is 78.6 Å².